The maximum Gasteiger partial charge on any atom is 0.277 e. The fourth-order valence-corrected chi connectivity index (χ4v) is 2.10. The van der Waals surface area contributed by atoms with E-state index in [-0.39, 0.29) is 5.69 Å². The predicted molar refractivity (Wildman–Crippen MR) is 83.2 cm³/mol. The van der Waals surface area contributed by atoms with Gasteiger partial charge in [0.1, 0.15) is 6.61 Å². The molecule has 0 aromatic heterocycles. The summed E-state index contributed by atoms with van der Waals surface area (Å²) >= 11 is 0. The molecule has 0 aliphatic heterocycles. The van der Waals surface area contributed by atoms with Crippen molar-refractivity contribution in [3.63, 3.8) is 0 Å². The number of hydrogen-bond acceptors (Lipinski definition) is 5. The number of methoxy groups -OCH3 is 1. The lowest BCUT2D eigenvalue weighted by atomic mass is 10.1. The number of hydrogen-bond donors (Lipinski definition) is 1. The molecular formula is C16H18N2O4. The number of benzene rings is 2. The van der Waals surface area contributed by atoms with Gasteiger partial charge in [-0.2, -0.15) is 0 Å². The molecule has 2 rings (SSSR count). The van der Waals surface area contributed by atoms with Crippen LogP contribution in [0.4, 0.5) is 5.69 Å². The molecule has 0 saturated heterocycles. The van der Waals surface area contributed by atoms with Crippen molar-refractivity contribution in [2.75, 3.05) is 14.2 Å². The molecule has 0 amide bonds. The molecule has 0 saturated carbocycles. The van der Waals surface area contributed by atoms with Crippen molar-refractivity contribution >= 4 is 5.69 Å². The SMILES string of the molecule is CNCc1cc(OC)c(OCc2ccccc2)cc1[N+](=O)[O-]. The molecule has 2 aromatic rings. The summed E-state index contributed by atoms with van der Waals surface area (Å²) in [6, 6.07) is 12.6. The average molecular weight is 302 g/mol. The molecule has 0 aliphatic carbocycles. The van der Waals surface area contributed by atoms with E-state index in [0.717, 1.165) is 5.56 Å². The van der Waals surface area contributed by atoms with E-state index in [2.05, 4.69) is 5.32 Å². The van der Waals surface area contributed by atoms with Gasteiger partial charge in [-0.05, 0) is 18.7 Å². The van der Waals surface area contributed by atoms with Gasteiger partial charge in [-0.1, -0.05) is 30.3 Å². The van der Waals surface area contributed by atoms with E-state index in [0.29, 0.717) is 30.2 Å². The lowest BCUT2D eigenvalue weighted by Gasteiger charge is -2.13. The van der Waals surface area contributed by atoms with Crippen LogP contribution in [0.3, 0.4) is 0 Å². The molecule has 22 heavy (non-hydrogen) atoms. The fraction of sp³-hybridized carbons (Fsp3) is 0.250. The Bertz CT molecular complexity index is 644. The summed E-state index contributed by atoms with van der Waals surface area (Å²) in [7, 11) is 3.25. The highest BCUT2D eigenvalue weighted by atomic mass is 16.6. The van der Waals surface area contributed by atoms with Crippen LogP contribution in [0.5, 0.6) is 11.5 Å². The van der Waals surface area contributed by atoms with Gasteiger partial charge in [0, 0.05) is 12.1 Å². The van der Waals surface area contributed by atoms with Gasteiger partial charge in [0.2, 0.25) is 0 Å². The number of rotatable bonds is 7. The first-order chi connectivity index (χ1) is 10.7. The fourth-order valence-electron chi connectivity index (χ4n) is 2.10. The molecule has 0 unspecified atom stereocenters. The van der Waals surface area contributed by atoms with Crippen molar-refractivity contribution in [2.24, 2.45) is 0 Å². The monoisotopic (exact) mass is 302 g/mol. The summed E-state index contributed by atoms with van der Waals surface area (Å²) in [5.74, 6) is 0.838. The zero-order chi connectivity index (χ0) is 15.9. The summed E-state index contributed by atoms with van der Waals surface area (Å²) in [6.45, 7) is 0.700. The van der Waals surface area contributed by atoms with Gasteiger partial charge in [-0.25, -0.2) is 0 Å². The topological polar surface area (TPSA) is 73.6 Å². The van der Waals surface area contributed by atoms with E-state index in [1.54, 1.807) is 13.1 Å². The van der Waals surface area contributed by atoms with Crippen molar-refractivity contribution in [3.05, 3.63) is 63.7 Å². The van der Waals surface area contributed by atoms with E-state index in [1.807, 2.05) is 30.3 Å². The molecular weight excluding hydrogens is 284 g/mol. The van der Waals surface area contributed by atoms with Gasteiger partial charge in [-0.15, -0.1) is 0 Å². The van der Waals surface area contributed by atoms with Crippen LogP contribution in [0.25, 0.3) is 0 Å². The van der Waals surface area contributed by atoms with E-state index in [4.69, 9.17) is 9.47 Å². The number of nitrogens with zero attached hydrogens (tertiary/aromatic N) is 1. The highest BCUT2D eigenvalue weighted by molar-refractivity contribution is 5.54. The average Bonchev–Trinajstić information content (AvgIpc) is 2.54. The van der Waals surface area contributed by atoms with Crippen molar-refractivity contribution < 1.29 is 14.4 Å². The van der Waals surface area contributed by atoms with Crippen LogP contribution >= 0.6 is 0 Å². The highest BCUT2D eigenvalue weighted by Gasteiger charge is 2.19. The van der Waals surface area contributed by atoms with Gasteiger partial charge in [0.25, 0.3) is 5.69 Å². The molecule has 0 heterocycles. The summed E-state index contributed by atoms with van der Waals surface area (Å²) in [5, 5.41) is 14.1. The van der Waals surface area contributed by atoms with Crippen molar-refractivity contribution in [1.29, 1.82) is 0 Å². The number of nitro benzene ring substituents is 1. The first-order valence-corrected chi connectivity index (χ1v) is 6.82. The van der Waals surface area contributed by atoms with Gasteiger partial charge < -0.3 is 14.8 Å². The second-order valence-electron chi connectivity index (χ2n) is 4.69. The largest absolute Gasteiger partial charge is 0.493 e. The maximum atomic E-state index is 11.2. The van der Waals surface area contributed by atoms with Crippen LogP contribution in [0.2, 0.25) is 0 Å². The second kappa shape index (κ2) is 7.42. The van der Waals surface area contributed by atoms with E-state index >= 15 is 0 Å². The third-order valence-electron chi connectivity index (χ3n) is 3.17. The van der Waals surface area contributed by atoms with Crippen molar-refractivity contribution in [3.8, 4) is 11.5 Å². The Kier molecular flexibility index (Phi) is 5.32. The summed E-state index contributed by atoms with van der Waals surface area (Å²) < 4.78 is 11.0. The summed E-state index contributed by atoms with van der Waals surface area (Å²) in [6.07, 6.45) is 0. The Morgan fingerprint density at radius 3 is 2.50 bits per heavy atom. The summed E-state index contributed by atoms with van der Waals surface area (Å²) in [4.78, 5) is 10.8. The number of nitrogens with one attached hydrogen (secondary N) is 1. The second-order valence-corrected chi connectivity index (χ2v) is 4.69. The molecule has 2 aromatic carbocycles. The Morgan fingerprint density at radius 2 is 1.91 bits per heavy atom. The molecule has 0 atom stereocenters. The van der Waals surface area contributed by atoms with Gasteiger partial charge in [0.15, 0.2) is 11.5 Å². The van der Waals surface area contributed by atoms with Crippen LogP contribution in [-0.2, 0) is 13.2 Å². The Balaban J connectivity index is 2.29. The highest BCUT2D eigenvalue weighted by Crippen LogP contribution is 2.35. The maximum absolute atomic E-state index is 11.2. The third kappa shape index (κ3) is 3.73. The first-order valence-electron chi connectivity index (χ1n) is 6.82. The molecule has 0 bridgehead atoms. The smallest absolute Gasteiger partial charge is 0.277 e. The molecule has 116 valence electrons. The van der Waals surface area contributed by atoms with E-state index in [1.165, 1.54) is 13.2 Å². The lowest BCUT2D eigenvalue weighted by Crippen LogP contribution is -2.08. The van der Waals surface area contributed by atoms with E-state index < -0.39 is 4.92 Å². The zero-order valence-electron chi connectivity index (χ0n) is 12.5. The predicted octanol–water partition coefficient (Wildman–Crippen LogP) is 2.90. The molecule has 6 heteroatoms. The van der Waals surface area contributed by atoms with Crippen molar-refractivity contribution in [1.82, 2.24) is 5.32 Å². The molecule has 0 fully saturated rings. The Labute approximate surface area is 128 Å². The van der Waals surface area contributed by atoms with Crippen LogP contribution in [0, 0.1) is 10.1 Å². The quantitative estimate of drug-likeness (QED) is 0.629. The van der Waals surface area contributed by atoms with Crippen LogP contribution in [0.15, 0.2) is 42.5 Å². The molecule has 6 nitrogen and oxygen atoms in total. The molecule has 0 radical (unpaired) electrons. The normalized spacial score (nSPS) is 10.3. The van der Waals surface area contributed by atoms with Gasteiger partial charge in [0.05, 0.1) is 18.1 Å². The van der Waals surface area contributed by atoms with Gasteiger partial charge >= 0.3 is 0 Å². The molecule has 0 spiro atoms. The molecule has 1 N–H and O–H groups in total. The first kappa shape index (κ1) is 15.8. The standard InChI is InChI=1S/C16H18N2O4/c1-17-10-13-8-15(21-2)16(9-14(13)18(19)20)22-11-12-6-4-3-5-7-12/h3-9,17H,10-11H2,1-2H3. The minimum absolute atomic E-state index is 0.0122. The molecule has 0 aliphatic rings. The summed E-state index contributed by atoms with van der Waals surface area (Å²) in [5.41, 5.74) is 1.54. The van der Waals surface area contributed by atoms with Gasteiger partial charge in [-0.3, -0.25) is 10.1 Å². The third-order valence-corrected chi connectivity index (χ3v) is 3.17. The minimum Gasteiger partial charge on any atom is -0.493 e. The van der Waals surface area contributed by atoms with Crippen molar-refractivity contribution in [2.45, 2.75) is 13.2 Å². The number of ether oxygens (including phenoxy) is 2. The van der Waals surface area contributed by atoms with Crippen LogP contribution in [-0.4, -0.2) is 19.1 Å². The van der Waals surface area contributed by atoms with Crippen LogP contribution < -0.4 is 14.8 Å². The number of nitro groups is 1. The van der Waals surface area contributed by atoms with Crippen LogP contribution in [0.1, 0.15) is 11.1 Å². The van der Waals surface area contributed by atoms with E-state index in [9.17, 15) is 10.1 Å². The zero-order valence-corrected chi connectivity index (χ0v) is 12.5. The minimum atomic E-state index is -0.415. The lowest BCUT2D eigenvalue weighted by molar-refractivity contribution is -0.385. The Hall–Kier alpha value is -2.60. The Morgan fingerprint density at radius 1 is 1.18 bits per heavy atom.